The molecule has 0 rings (SSSR count). The van der Waals surface area contributed by atoms with Gasteiger partial charge in [-0.25, -0.2) is 0 Å². The van der Waals surface area contributed by atoms with Gasteiger partial charge in [-0.3, -0.25) is 0 Å². The third kappa shape index (κ3) is 104. The van der Waals surface area contributed by atoms with E-state index in [1.807, 2.05) is 41.5 Å². The zero-order chi connectivity index (χ0) is 12.6. The van der Waals surface area contributed by atoms with E-state index in [9.17, 15) is 0 Å². The zero-order valence-corrected chi connectivity index (χ0v) is 11.8. The van der Waals surface area contributed by atoms with Crippen molar-refractivity contribution in [1.82, 2.24) is 0 Å². The summed E-state index contributed by atoms with van der Waals surface area (Å²) in [7, 11) is 0. The van der Waals surface area contributed by atoms with Crippen LogP contribution < -0.4 is 0 Å². The van der Waals surface area contributed by atoms with Crippen molar-refractivity contribution >= 4 is 0 Å². The first kappa shape index (κ1) is 23.4. The first-order valence-corrected chi connectivity index (χ1v) is 5.83. The van der Waals surface area contributed by atoms with Gasteiger partial charge in [0.25, 0.3) is 0 Å². The second-order valence-corrected chi connectivity index (χ2v) is 2.62. The summed E-state index contributed by atoms with van der Waals surface area (Å²) in [6.07, 6.45) is 2.22. The summed E-state index contributed by atoms with van der Waals surface area (Å²) in [5.41, 5.74) is 2.51. The van der Waals surface area contributed by atoms with Crippen molar-refractivity contribution < 1.29 is 0 Å². The molecule has 0 aliphatic rings. The Bertz CT molecular complexity index is 84.6. The van der Waals surface area contributed by atoms with E-state index < -0.39 is 0 Å². The smallest absolute Gasteiger partial charge is 0.0354 e. The third-order valence-electron chi connectivity index (χ3n) is 1.21. The normalized spacial score (nSPS) is 6.29. The molecule has 0 bridgehead atoms. The SMILES string of the molecule is C=C(C)CC.C=C(C)CC.CC.CC. The van der Waals surface area contributed by atoms with Crippen molar-refractivity contribution in [2.45, 2.75) is 68.2 Å². The average Bonchev–Trinajstić information content (AvgIpc) is 2.24. The lowest BCUT2D eigenvalue weighted by Crippen LogP contribution is -1.58. The van der Waals surface area contributed by atoms with Gasteiger partial charge in [0.15, 0.2) is 0 Å². The maximum Gasteiger partial charge on any atom is -0.0354 e. The maximum atomic E-state index is 3.67. The van der Waals surface area contributed by atoms with Crippen molar-refractivity contribution in [2.24, 2.45) is 0 Å². The second-order valence-electron chi connectivity index (χ2n) is 2.62. The molecule has 0 saturated carbocycles. The van der Waals surface area contributed by atoms with E-state index in [1.54, 1.807) is 0 Å². The van der Waals surface area contributed by atoms with Crippen molar-refractivity contribution in [3.05, 3.63) is 24.3 Å². The quantitative estimate of drug-likeness (QED) is 0.480. The molecule has 0 amide bonds. The molecular formula is C14H32. The van der Waals surface area contributed by atoms with Crippen LogP contribution in [0, 0.1) is 0 Å². The lowest BCUT2D eigenvalue weighted by Gasteiger charge is -1.79. The standard InChI is InChI=1S/2C5H10.2C2H6/c2*1-4-5(2)3;2*1-2/h2*2,4H2,1,3H3;2*1-2H3. The topological polar surface area (TPSA) is 0 Å². The molecular weight excluding hydrogens is 168 g/mol. The fourth-order valence-electron chi connectivity index (χ4n) is 0. The van der Waals surface area contributed by atoms with Crippen LogP contribution in [0.15, 0.2) is 24.3 Å². The summed E-state index contributed by atoms with van der Waals surface area (Å²) in [4.78, 5) is 0. The van der Waals surface area contributed by atoms with Crippen LogP contribution in [0.25, 0.3) is 0 Å². The number of hydrogen-bond donors (Lipinski definition) is 0. The van der Waals surface area contributed by atoms with Crippen molar-refractivity contribution in [2.75, 3.05) is 0 Å². The van der Waals surface area contributed by atoms with E-state index in [-0.39, 0.29) is 0 Å². The minimum Gasteiger partial charge on any atom is -0.100 e. The highest BCUT2D eigenvalue weighted by atomic mass is 13.7. The van der Waals surface area contributed by atoms with E-state index in [0.717, 1.165) is 12.8 Å². The van der Waals surface area contributed by atoms with Gasteiger partial charge in [0, 0.05) is 0 Å². The monoisotopic (exact) mass is 200 g/mol. The van der Waals surface area contributed by atoms with Crippen LogP contribution in [0.5, 0.6) is 0 Å². The largest absolute Gasteiger partial charge is 0.100 e. The molecule has 0 radical (unpaired) electrons. The Labute approximate surface area is 93.1 Å². The Morgan fingerprint density at radius 1 is 0.714 bits per heavy atom. The minimum absolute atomic E-state index is 1.11. The van der Waals surface area contributed by atoms with Crippen molar-refractivity contribution in [1.29, 1.82) is 0 Å². The van der Waals surface area contributed by atoms with E-state index in [2.05, 4.69) is 27.0 Å². The first-order chi connectivity index (χ1) is 6.54. The van der Waals surface area contributed by atoms with E-state index in [4.69, 9.17) is 0 Å². The fourth-order valence-corrected chi connectivity index (χ4v) is 0. The number of rotatable bonds is 2. The van der Waals surface area contributed by atoms with Gasteiger partial charge in [-0.15, -0.1) is 13.2 Å². The van der Waals surface area contributed by atoms with Crippen LogP contribution in [0.2, 0.25) is 0 Å². The van der Waals surface area contributed by atoms with E-state index in [0.29, 0.717) is 0 Å². The molecule has 14 heavy (non-hydrogen) atoms. The van der Waals surface area contributed by atoms with Gasteiger partial charge in [0.05, 0.1) is 0 Å². The Hall–Kier alpha value is -0.520. The summed E-state index contributed by atoms with van der Waals surface area (Å²) in [6, 6.07) is 0. The molecule has 0 atom stereocenters. The lowest BCUT2D eigenvalue weighted by molar-refractivity contribution is 1.11. The average molecular weight is 200 g/mol. The van der Waals surface area contributed by atoms with Crippen LogP contribution in [-0.2, 0) is 0 Å². The van der Waals surface area contributed by atoms with Gasteiger partial charge in [0.2, 0.25) is 0 Å². The summed E-state index contributed by atoms with van der Waals surface area (Å²) in [5.74, 6) is 0. The maximum absolute atomic E-state index is 3.67. The Morgan fingerprint density at radius 3 is 0.786 bits per heavy atom. The molecule has 0 heteroatoms. The van der Waals surface area contributed by atoms with E-state index >= 15 is 0 Å². The second kappa shape index (κ2) is 29.4. The molecule has 0 saturated heterocycles. The third-order valence-corrected chi connectivity index (χ3v) is 1.21. The molecule has 0 spiro atoms. The summed E-state index contributed by atoms with van der Waals surface area (Å²) in [6.45, 7) is 23.6. The first-order valence-electron chi connectivity index (χ1n) is 5.83. The molecule has 0 aromatic rings. The fraction of sp³-hybridized carbons (Fsp3) is 0.714. The molecule has 0 aliphatic carbocycles. The molecule has 0 aromatic carbocycles. The van der Waals surface area contributed by atoms with Crippen LogP contribution in [0.1, 0.15) is 68.2 Å². The Kier molecular flexibility index (Phi) is 49.1. The highest BCUT2D eigenvalue weighted by molar-refractivity contribution is 4.85. The molecule has 0 aromatic heterocycles. The predicted molar refractivity (Wildman–Crippen MR) is 72.9 cm³/mol. The molecule has 0 fully saturated rings. The lowest BCUT2D eigenvalue weighted by atomic mass is 10.3. The Balaban J connectivity index is -0.0000000528. The van der Waals surface area contributed by atoms with Crippen LogP contribution in [-0.4, -0.2) is 0 Å². The van der Waals surface area contributed by atoms with Crippen LogP contribution in [0.4, 0.5) is 0 Å². The highest BCUT2D eigenvalue weighted by Gasteiger charge is 1.68. The molecule has 0 N–H and O–H groups in total. The van der Waals surface area contributed by atoms with Gasteiger partial charge >= 0.3 is 0 Å². The molecule has 0 heterocycles. The summed E-state index contributed by atoms with van der Waals surface area (Å²) < 4.78 is 0. The van der Waals surface area contributed by atoms with Gasteiger partial charge < -0.3 is 0 Å². The molecule has 0 nitrogen and oxygen atoms in total. The molecule has 88 valence electrons. The zero-order valence-electron chi connectivity index (χ0n) is 11.8. The summed E-state index contributed by atoms with van der Waals surface area (Å²) in [5, 5.41) is 0. The number of hydrogen-bond acceptors (Lipinski definition) is 0. The van der Waals surface area contributed by atoms with Crippen molar-refractivity contribution in [3.8, 4) is 0 Å². The summed E-state index contributed by atoms with van der Waals surface area (Å²) >= 11 is 0. The minimum atomic E-state index is 1.11. The van der Waals surface area contributed by atoms with Gasteiger partial charge in [-0.1, -0.05) is 52.7 Å². The highest BCUT2D eigenvalue weighted by Crippen LogP contribution is 1.89. The van der Waals surface area contributed by atoms with Gasteiger partial charge in [-0.2, -0.15) is 0 Å². The van der Waals surface area contributed by atoms with Gasteiger partial charge in [-0.05, 0) is 26.7 Å². The molecule has 0 unspecified atom stereocenters. The number of allylic oxidation sites excluding steroid dienone is 2. The molecule has 0 aliphatic heterocycles. The van der Waals surface area contributed by atoms with Crippen molar-refractivity contribution in [3.63, 3.8) is 0 Å². The Morgan fingerprint density at radius 2 is 0.786 bits per heavy atom. The van der Waals surface area contributed by atoms with Crippen LogP contribution >= 0.6 is 0 Å². The predicted octanol–water partition coefficient (Wildman–Crippen LogP) is 6.00. The van der Waals surface area contributed by atoms with E-state index in [1.165, 1.54) is 11.1 Å². The van der Waals surface area contributed by atoms with Gasteiger partial charge in [0.1, 0.15) is 0 Å². The van der Waals surface area contributed by atoms with Crippen LogP contribution in [0.3, 0.4) is 0 Å².